The summed E-state index contributed by atoms with van der Waals surface area (Å²) < 4.78 is 12.9. The predicted molar refractivity (Wildman–Crippen MR) is 202 cm³/mol. The van der Waals surface area contributed by atoms with Crippen LogP contribution in [0.15, 0.2) is 12.1 Å². The number of benzene rings is 1. The molecular weight excluding hydrogens is 596 g/mol. The molecule has 1 fully saturated rings. The van der Waals surface area contributed by atoms with Crippen molar-refractivity contribution in [3.05, 3.63) is 34.4 Å². The number of esters is 2. The van der Waals surface area contributed by atoms with Crippen molar-refractivity contribution in [3.8, 4) is 0 Å². The maximum atomic E-state index is 14.6. The van der Waals surface area contributed by atoms with Crippen LogP contribution in [0.2, 0.25) is 0 Å². The van der Waals surface area contributed by atoms with Crippen LogP contribution in [0.25, 0.3) is 0 Å². The topological polar surface area (TPSA) is 59.1 Å². The molecule has 6 heteroatoms. The van der Waals surface area contributed by atoms with Gasteiger partial charge >= 0.3 is 11.9 Å². The highest BCUT2D eigenvalue weighted by Crippen LogP contribution is 2.41. The van der Waals surface area contributed by atoms with Crippen molar-refractivity contribution >= 4 is 11.9 Å². The van der Waals surface area contributed by atoms with Crippen molar-refractivity contribution in [1.29, 1.82) is 0 Å². The third-order valence-electron chi connectivity index (χ3n) is 11.8. The van der Waals surface area contributed by atoms with Gasteiger partial charge in [0.2, 0.25) is 0 Å². The summed E-state index contributed by atoms with van der Waals surface area (Å²) in [7, 11) is 6.25. The number of carbonyl (C=O) groups excluding carboxylic acids is 2. The molecule has 0 aromatic heterocycles. The van der Waals surface area contributed by atoms with Gasteiger partial charge in [-0.1, -0.05) is 67.5 Å². The van der Waals surface area contributed by atoms with E-state index in [9.17, 15) is 9.59 Å². The van der Waals surface area contributed by atoms with E-state index in [1.165, 1.54) is 16.7 Å². The first-order valence-electron chi connectivity index (χ1n) is 18.5. The van der Waals surface area contributed by atoms with E-state index in [1.54, 1.807) is 6.92 Å². The molecule has 1 aliphatic heterocycles. The maximum Gasteiger partial charge on any atom is 0.323 e. The van der Waals surface area contributed by atoms with Gasteiger partial charge in [0.15, 0.2) is 5.41 Å². The first-order valence-corrected chi connectivity index (χ1v) is 18.5. The molecule has 0 spiro atoms. The molecule has 276 valence electrons. The number of carbonyl (C=O) groups is 2. The lowest BCUT2D eigenvalue weighted by atomic mass is 9.72. The van der Waals surface area contributed by atoms with Crippen LogP contribution < -0.4 is 0 Å². The van der Waals surface area contributed by atoms with Crippen LogP contribution in [0.5, 0.6) is 0 Å². The number of rotatable bonds is 13. The standard InChI is InChI=1S/C42H74N2O4/c1-20-38(8,9)34-23-30(22-33(29(34)4)37(5,6)7)24-42(16,35(45)47-31(21-28(2)3)25-39(10,11)43(17)18)36(46)48-32-26-40(12,13)44(19)41(14,15)27-32/h22-23,28,31-32H,20-21,24-27H2,1-19H3. The summed E-state index contributed by atoms with van der Waals surface area (Å²) in [5.74, 6) is -0.653. The van der Waals surface area contributed by atoms with E-state index in [4.69, 9.17) is 9.47 Å². The molecular formula is C42H74N2O4. The zero-order valence-electron chi connectivity index (χ0n) is 34.7. The Bertz CT molecular complexity index is 1270. The fraction of sp³-hybridized carbons (Fsp3) is 0.810. The third kappa shape index (κ3) is 9.86. The highest BCUT2D eigenvalue weighted by molar-refractivity contribution is 6.00. The van der Waals surface area contributed by atoms with E-state index in [0.29, 0.717) is 25.2 Å². The first kappa shape index (κ1) is 42.2. The van der Waals surface area contributed by atoms with Crippen LogP contribution in [0.3, 0.4) is 0 Å². The van der Waals surface area contributed by atoms with Crippen LogP contribution in [-0.2, 0) is 36.3 Å². The molecule has 0 radical (unpaired) electrons. The Morgan fingerprint density at radius 2 is 1.42 bits per heavy atom. The van der Waals surface area contributed by atoms with Gasteiger partial charge < -0.3 is 14.4 Å². The smallest absolute Gasteiger partial charge is 0.323 e. The Kier molecular flexibility index (Phi) is 13.0. The number of nitrogens with zero attached hydrogens (tertiary/aromatic N) is 2. The fourth-order valence-corrected chi connectivity index (χ4v) is 7.55. The number of hydrogen-bond donors (Lipinski definition) is 0. The minimum atomic E-state index is -1.52. The van der Waals surface area contributed by atoms with Gasteiger partial charge in [-0.25, -0.2) is 0 Å². The average molecular weight is 671 g/mol. The molecule has 1 aromatic carbocycles. The maximum absolute atomic E-state index is 14.6. The molecule has 48 heavy (non-hydrogen) atoms. The summed E-state index contributed by atoms with van der Waals surface area (Å²) in [5.41, 5.74) is 2.54. The zero-order valence-corrected chi connectivity index (χ0v) is 34.7. The summed E-state index contributed by atoms with van der Waals surface area (Å²) in [6.07, 6.45) is 3.34. The molecule has 2 rings (SSSR count). The largest absolute Gasteiger partial charge is 0.461 e. The molecule has 2 unspecified atom stereocenters. The first-order chi connectivity index (χ1) is 21.5. The van der Waals surface area contributed by atoms with Gasteiger partial charge in [0.05, 0.1) is 0 Å². The van der Waals surface area contributed by atoms with E-state index in [1.807, 2.05) is 0 Å². The molecule has 2 atom stereocenters. The Hall–Kier alpha value is -1.92. The van der Waals surface area contributed by atoms with Crippen molar-refractivity contribution in [2.75, 3.05) is 21.1 Å². The Labute approximate surface area is 296 Å². The van der Waals surface area contributed by atoms with Gasteiger partial charge in [0.1, 0.15) is 12.2 Å². The number of hydrogen-bond acceptors (Lipinski definition) is 6. The summed E-state index contributed by atoms with van der Waals surface area (Å²) in [6.45, 7) is 34.9. The lowest BCUT2D eigenvalue weighted by Crippen LogP contribution is -2.60. The van der Waals surface area contributed by atoms with Gasteiger partial charge in [-0.05, 0) is 135 Å². The van der Waals surface area contributed by atoms with E-state index in [2.05, 4.69) is 147 Å². The molecule has 1 aromatic rings. The third-order valence-corrected chi connectivity index (χ3v) is 11.8. The summed E-state index contributed by atoms with van der Waals surface area (Å²) >= 11 is 0. The molecule has 0 amide bonds. The molecule has 1 aliphatic rings. The van der Waals surface area contributed by atoms with Crippen LogP contribution in [0, 0.1) is 18.3 Å². The van der Waals surface area contributed by atoms with Gasteiger partial charge in [-0.15, -0.1) is 0 Å². The van der Waals surface area contributed by atoms with Gasteiger partial charge in [-0.2, -0.15) is 0 Å². The normalized spacial score (nSPS) is 19.7. The summed E-state index contributed by atoms with van der Waals surface area (Å²) in [6, 6.07) is 4.45. The van der Waals surface area contributed by atoms with Crippen LogP contribution in [-0.4, -0.2) is 71.7 Å². The van der Waals surface area contributed by atoms with Crippen molar-refractivity contribution in [2.24, 2.45) is 11.3 Å². The van der Waals surface area contributed by atoms with Gasteiger partial charge in [0, 0.05) is 35.9 Å². The SMILES string of the molecule is CCC(C)(C)c1cc(CC(C)(C(=O)OC(CC(C)C)CC(C)(C)N(C)C)C(=O)OC2CC(C)(C)N(C)C(C)(C)C2)cc(C(C)(C)C)c1C. The molecule has 0 bridgehead atoms. The molecule has 6 nitrogen and oxygen atoms in total. The average Bonchev–Trinajstić information content (AvgIpc) is 2.90. The van der Waals surface area contributed by atoms with Crippen molar-refractivity contribution < 1.29 is 19.1 Å². The summed E-state index contributed by atoms with van der Waals surface area (Å²) in [5, 5.41) is 0. The predicted octanol–water partition coefficient (Wildman–Crippen LogP) is 9.41. The molecule has 1 heterocycles. The summed E-state index contributed by atoms with van der Waals surface area (Å²) in [4.78, 5) is 33.8. The quantitative estimate of drug-likeness (QED) is 0.154. The Balaban J connectivity index is 2.71. The monoisotopic (exact) mass is 671 g/mol. The van der Waals surface area contributed by atoms with E-state index in [0.717, 1.165) is 18.4 Å². The second-order valence-electron chi connectivity index (χ2n) is 19.5. The van der Waals surface area contributed by atoms with Gasteiger partial charge in [-0.3, -0.25) is 14.5 Å². The molecule has 0 aliphatic carbocycles. The van der Waals surface area contributed by atoms with Crippen LogP contribution in [0.4, 0.5) is 0 Å². The van der Waals surface area contributed by atoms with Crippen molar-refractivity contribution in [1.82, 2.24) is 9.80 Å². The van der Waals surface area contributed by atoms with Crippen LogP contribution >= 0.6 is 0 Å². The molecule has 0 N–H and O–H groups in total. The highest BCUT2D eigenvalue weighted by Gasteiger charge is 2.50. The molecule has 0 saturated carbocycles. The number of ether oxygens (including phenoxy) is 2. The van der Waals surface area contributed by atoms with E-state index < -0.39 is 17.4 Å². The number of likely N-dealkylation sites (tertiary alicyclic amines) is 1. The van der Waals surface area contributed by atoms with E-state index >= 15 is 0 Å². The van der Waals surface area contributed by atoms with E-state index in [-0.39, 0.29) is 46.1 Å². The van der Waals surface area contributed by atoms with Crippen LogP contribution in [0.1, 0.15) is 158 Å². The van der Waals surface area contributed by atoms with Crippen molar-refractivity contribution in [3.63, 3.8) is 0 Å². The highest BCUT2D eigenvalue weighted by atomic mass is 16.6. The Morgan fingerprint density at radius 3 is 1.85 bits per heavy atom. The zero-order chi connectivity index (χ0) is 37.4. The fourth-order valence-electron chi connectivity index (χ4n) is 7.55. The number of piperidine rings is 1. The minimum Gasteiger partial charge on any atom is -0.461 e. The van der Waals surface area contributed by atoms with Crippen molar-refractivity contribution in [2.45, 2.75) is 189 Å². The second-order valence-corrected chi connectivity index (χ2v) is 19.5. The molecule has 1 saturated heterocycles. The lowest BCUT2D eigenvalue weighted by molar-refractivity contribution is -0.183. The second kappa shape index (κ2) is 14.7. The lowest BCUT2D eigenvalue weighted by Gasteiger charge is -2.53. The Morgan fingerprint density at radius 1 is 0.917 bits per heavy atom. The minimum absolute atomic E-state index is 0.0665. The van der Waals surface area contributed by atoms with Gasteiger partial charge in [0.25, 0.3) is 0 Å².